The number of amides is 2. The van der Waals surface area contributed by atoms with E-state index in [4.69, 9.17) is 4.74 Å². The SMILES string of the molecule is COc1cccc(CN(C(=O)CN(c2ccccc2C)S(C)(=O)=O)[C@@H](C)C(=O)NC2CCCC2)c1. The van der Waals surface area contributed by atoms with Gasteiger partial charge in [-0.15, -0.1) is 0 Å². The Morgan fingerprint density at radius 1 is 1.11 bits per heavy atom. The van der Waals surface area contributed by atoms with Crippen LogP contribution in [0.15, 0.2) is 48.5 Å². The number of para-hydroxylation sites is 1. The molecule has 1 atom stereocenters. The van der Waals surface area contributed by atoms with Crippen molar-refractivity contribution in [1.29, 1.82) is 0 Å². The Balaban J connectivity index is 1.90. The number of carbonyl (C=O) groups is 2. The van der Waals surface area contributed by atoms with Crippen molar-refractivity contribution in [3.63, 3.8) is 0 Å². The lowest BCUT2D eigenvalue weighted by molar-refractivity contribution is -0.139. The average Bonchev–Trinajstić information content (AvgIpc) is 3.33. The summed E-state index contributed by atoms with van der Waals surface area (Å²) in [4.78, 5) is 28.2. The minimum absolute atomic E-state index is 0.109. The zero-order valence-corrected chi connectivity index (χ0v) is 21.7. The van der Waals surface area contributed by atoms with E-state index in [0.29, 0.717) is 11.4 Å². The van der Waals surface area contributed by atoms with Crippen LogP contribution in [0.3, 0.4) is 0 Å². The first-order chi connectivity index (χ1) is 16.6. The number of nitrogens with one attached hydrogen (secondary N) is 1. The summed E-state index contributed by atoms with van der Waals surface area (Å²) in [5, 5.41) is 3.06. The molecule has 0 bridgehead atoms. The van der Waals surface area contributed by atoms with Gasteiger partial charge in [0.2, 0.25) is 21.8 Å². The Bertz CT molecular complexity index is 1150. The van der Waals surface area contributed by atoms with Gasteiger partial charge in [-0.3, -0.25) is 13.9 Å². The maximum atomic E-state index is 13.6. The van der Waals surface area contributed by atoms with Crippen LogP contribution >= 0.6 is 0 Å². The summed E-state index contributed by atoms with van der Waals surface area (Å²) >= 11 is 0. The van der Waals surface area contributed by atoms with Crippen LogP contribution in [0.5, 0.6) is 5.75 Å². The van der Waals surface area contributed by atoms with Crippen molar-refractivity contribution in [2.24, 2.45) is 0 Å². The Kier molecular flexibility index (Phi) is 8.77. The van der Waals surface area contributed by atoms with Crippen LogP contribution in [-0.2, 0) is 26.2 Å². The van der Waals surface area contributed by atoms with E-state index in [0.717, 1.165) is 47.4 Å². The molecule has 0 aromatic heterocycles. The molecule has 0 aliphatic heterocycles. The van der Waals surface area contributed by atoms with Gasteiger partial charge < -0.3 is 15.0 Å². The van der Waals surface area contributed by atoms with Crippen molar-refractivity contribution in [3.05, 3.63) is 59.7 Å². The largest absolute Gasteiger partial charge is 0.497 e. The van der Waals surface area contributed by atoms with Gasteiger partial charge in [-0.1, -0.05) is 43.2 Å². The first kappa shape index (κ1) is 26.5. The summed E-state index contributed by atoms with van der Waals surface area (Å²) in [6, 6.07) is 13.6. The monoisotopic (exact) mass is 501 g/mol. The summed E-state index contributed by atoms with van der Waals surface area (Å²) in [6.07, 6.45) is 5.08. The summed E-state index contributed by atoms with van der Waals surface area (Å²) in [6.45, 7) is 3.21. The lowest BCUT2D eigenvalue weighted by atomic mass is 10.1. The van der Waals surface area contributed by atoms with Crippen molar-refractivity contribution in [3.8, 4) is 5.75 Å². The third-order valence-electron chi connectivity index (χ3n) is 6.42. The molecule has 1 fully saturated rings. The van der Waals surface area contributed by atoms with Gasteiger partial charge in [0.1, 0.15) is 18.3 Å². The molecule has 2 amide bonds. The summed E-state index contributed by atoms with van der Waals surface area (Å²) < 4.78 is 31.8. The zero-order chi connectivity index (χ0) is 25.6. The zero-order valence-electron chi connectivity index (χ0n) is 20.9. The molecule has 1 N–H and O–H groups in total. The number of ether oxygens (including phenoxy) is 1. The molecule has 1 aliphatic rings. The third kappa shape index (κ3) is 6.97. The predicted octanol–water partition coefficient (Wildman–Crippen LogP) is 3.25. The minimum Gasteiger partial charge on any atom is -0.497 e. The molecule has 190 valence electrons. The summed E-state index contributed by atoms with van der Waals surface area (Å²) in [7, 11) is -2.19. The number of aryl methyl sites for hydroxylation is 1. The first-order valence-corrected chi connectivity index (χ1v) is 13.7. The van der Waals surface area contributed by atoms with Crippen LogP contribution in [-0.4, -0.2) is 57.1 Å². The fraction of sp³-hybridized carbons (Fsp3) is 0.462. The highest BCUT2D eigenvalue weighted by molar-refractivity contribution is 7.92. The van der Waals surface area contributed by atoms with Crippen LogP contribution in [0.2, 0.25) is 0 Å². The maximum absolute atomic E-state index is 13.6. The fourth-order valence-corrected chi connectivity index (χ4v) is 5.29. The van der Waals surface area contributed by atoms with Gasteiger partial charge in [0, 0.05) is 12.6 Å². The van der Waals surface area contributed by atoms with Gasteiger partial charge in [0.25, 0.3) is 0 Å². The number of nitrogens with zero attached hydrogens (tertiary/aromatic N) is 2. The molecule has 3 rings (SSSR count). The van der Waals surface area contributed by atoms with Crippen LogP contribution in [0.25, 0.3) is 0 Å². The van der Waals surface area contributed by atoms with Crippen molar-refractivity contribution >= 4 is 27.5 Å². The second kappa shape index (κ2) is 11.6. The Hall–Kier alpha value is -3.07. The molecular weight excluding hydrogens is 466 g/mol. The fourth-order valence-electron chi connectivity index (χ4n) is 4.38. The van der Waals surface area contributed by atoms with E-state index in [9.17, 15) is 18.0 Å². The molecule has 0 saturated heterocycles. The number of methoxy groups -OCH3 is 1. The lowest BCUT2D eigenvalue weighted by Gasteiger charge is -2.32. The average molecular weight is 502 g/mol. The Morgan fingerprint density at radius 3 is 2.43 bits per heavy atom. The second-order valence-electron chi connectivity index (χ2n) is 9.10. The number of hydrogen-bond acceptors (Lipinski definition) is 5. The van der Waals surface area contributed by atoms with E-state index < -0.39 is 28.5 Å². The number of benzene rings is 2. The molecule has 0 spiro atoms. The Labute approximate surface area is 208 Å². The van der Waals surface area contributed by atoms with Crippen molar-refractivity contribution < 1.29 is 22.7 Å². The van der Waals surface area contributed by atoms with Crippen molar-refractivity contribution in [1.82, 2.24) is 10.2 Å². The lowest BCUT2D eigenvalue weighted by Crippen LogP contribution is -2.52. The molecule has 9 heteroatoms. The van der Waals surface area contributed by atoms with E-state index >= 15 is 0 Å². The van der Waals surface area contributed by atoms with Gasteiger partial charge >= 0.3 is 0 Å². The number of sulfonamides is 1. The molecule has 2 aromatic rings. The molecule has 0 heterocycles. The molecule has 0 unspecified atom stereocenters. The molecule has 0 radical (unpaired) electrons. The highest BCUT2D eigenvalue weighted by atomic mass is 32.2. The smallest absolute Gasteiger partial charge is 0.244 e. The highest BCUT2D eigenvalue weighted by Crippen LogP contribution is 2.24. The van der Waals surface area contributed by atoms with Crippen LogP contribution < -0.4 is 14.4 Å². The first-order valence-electron chi connectivity index (χ1n) is 11.9. The molecule has 1 aliphatic carbocycles. The number of anilines is 1. The van der Waals surface area contributed by atoms with Gasteiger partial charge in [-0.25, -0.2) is 8.42 Å². The number of carbonyl (C=O) groups excluding carboxylic acids is 2. The normalized spacial score (nSPS) is 14.9. The summed E-state index contributed by atoms with van der Waals surface area (Å²) in [5.74, 6) is -0.0684. The van der Waals surface area contributed by atoms with E-state index in [1.54, 1.807) is 51.3 Å². The number of hydrogen-bond donors (Lipinski definition) is 1. The second-order valence-corrected chi connectivity index (χ2v) is 11.0. The van der Waals surface area contributed by atoms with Crippen LogP contribution in [0, 0.1) is 6.92 Å². The quantitative estimate of drug-likeness (QED) is 0.539. The third-order valence-corrected chi connectivity index (χ3v) is 7.55. The van der Waals surface area contributed by atoms with Crippen molar-refractivity contribution in [2.45, 2.75) is 58.2 Å². The van der Waals surface area contributed by atoms with Gasteiger partial charge in [-0.05, 0) is 56.0 Å². The van der Waals surface area contributed by atoms with Crippen LogP contribution in [0.1, 0.15) is 43.7 Å². The molecular formula is C26H35N3O5S. The standard InChI is InChI=1S/C26H35N3O5S/c1-19-10-5-8-15-24(19)29(35(4,32)33)18-25(30)28(17-21-11-9-14-23(16-21)34-3)20(2)26(31)27-22-12-6-7-13-22/h5,8-11,14-16,20,22H,6-7,12-13,17-18H2,1-4H3,(H,27,31)/t20-/m0/s1. The van der Waals surface area contributed by atoms with E-state index in [1.807, 2.05) is 18.2 Å². The van der Waals surface area contributed by atoms with E-state index in [-0.39, 0.29) is 18.5 Å². The van der Waals surface area contributed by atoms with E-state index in [1.165, 1.54) is 4.90 Å². The topological polar surface area (TPSA) is 96.0 Å². The number of rotatable bonds is 10. The maximum Gasteiger partial charge on any atom is 0.244 e. The molecule has 1 saturated carbocycles. The van der Waals surface area contributed by atoms with E-state index in [2.05, 4.69) is 5.32 Å². The van der Waals surface area contributed by atoms with Gasteiger partial charge in [-0.2, -0.15) is 0 Å². The highest BCUT2D eigenvalue weighted by Gasteiger charge is 2.31. The van der Waals surface area contributed by atoms with Crippen LogP contribution in [0.4, 0.5) is 5.69 Å². The van der Waals surface area contributed by atoms with Gasteiger partial charge in [0.15, 0.2) is 0 Å². The molecule has 2 aromatic carbocycles. The van der Waals surface area contributed by atoms with Gasteiger partial charge in [0.05, 0.1) is 19.1 Å². The molecule has 35 heavy (non-hydrogen) atoms. The minimum atomic E-state index is -3.75. The molecule has 8 nitrogen and oxygen atoms in total. The Morgan fingerprint density at radius 2 is 1.80 bits per heavy atom. The summed E-state index contributed by atoms with van der Waals surface area (Å²) in [5.41, 5.74) is 1.95. The van der Waals surface area contributed by atoms with Crippen molar-refractivity contribution in [2.75, 3.05) is 24.2 Å². The predicted molar refractivity (Wildman–Crippen MR) is 137 cm³/mol.